The van der Waals surface area contributed by atoms with Crippen LogP contribution in [0, 0.1) is 18.3 Å². The summed E-state index contributed by atoms with van der Waals surface area (Å²) < 4.78 is 0. The van der Waals surface area contributed by atoms with Crippen LogP contribution < -0.4 is 5.32 Å². The van der Waals surface area contributed by atoms with Gasteiger partial charge >= 0.3 is 0 Å². The van der Waals surface area contributed by atoms with Gasteiger partial charge in [0.2, 0.25) is 0 Å². The average Bonchev–Trinajstić information content (AvgIpc) is 2.42. The third kappa shape index (κ3) is 2.93. The number of rotatable bonds is 4. The quantitative estimate of drug-likeness (QED) is 0.889. The third-order valence-electron chi connectivity index (χ3n) is 2.87. The third-order valence-corrected chi connectivity index (χ3v) is 2.87. The van der Waals surface area contributed by atoms with Crippen LogP contribution >= 0.6 is 0 Å². The Balaban J connectivity index is 2.05. The maximum atomic E-state index is 9.17. The van der Waals surface area contributed by atoms with Crippen molar-refractivity contribution in [3.05, 3.63) is 65.5 Å². The lowest BCUT2D eigenvalue weighted by atomic mass is 10.1. The SMILES string of the molecule is Cc1ccccc1CNC(C#N)c1ccccn1. The van der Waals surface area contributed by atoms with Gasteiger partial charge in [-0.25, -0.2) is 0 Å². The van der Waals surface area contributed by atoms with E-state index < -0.39 is 0 Å². The lowest BCUT2D eigenvalue weighted by Crippen LogP contribution is -2.20. The Bertz CT molecular complexity index is 543. The fourth-order valence-electron chi connectivity index (χ4n) is 1.78. The van der Waals surface area contributed by atoms with Crippen molar-refractivity contribution < 1.29 is 0 Å². The molecule has 3 heteroatoms. The van der Waals surface area contributed by atoms with Crippen molar-refractivity contribution in [1.29, 1.82) is 5.26 Å². The smallest absolute Gasteiger partial charge is 0.138 e. The maximum Gasteiger partial charge on any atom is 0.138 e. The highest BCUT2D eigenvalue weighted by Crippen LogP contribution is 2.11. The summed E-state index contributed by atoms with van der Waals surface area (Å²) in [5.74, 6) is 0. The molecule has 1 aromatic carbocycles. The van der Waals surface area contributed by atoms with Gasteiger partial charge in [0.1, 0.15) is 6.04 Å². The van der Waals surface area contributed by atoms with Gasteiger partial charge in [-0.15, -0.1) is 0 Å². The molecule has 0 aliphatic rings. The predicted molar refractivity (Wildman–Crippen MR) is 70.6 cm³/mol. The number of hydrogen-bond donors (Lipinski definition) is 1. The molecule has 1 aromatic heterocycles. The molecule has 2 rings (SSSR count). The highest BCUT2D eigenvalue weighted by molar-refractivity contribution is 5.26. The van der Waals surface area contributed by atoms with Crippen molar-refractivity contribution in [3.8, 4) is 6.07 Å². The van der Waals surface area contributed by atoms with Crippen LogP contribution in [0.15, 0.2) is 48.7 Å². The van der Waals surface area contributed by atoms with Crippen LogP contribution in [0.2, 0.25) is 0 Å². The van der Waals surface area contributed by atoms with Crippen molar-refractivity contribution >= 4 is 0 Å². The van der Waals surface area contributed by atoms with Crippen LogP contribution in [0.1, 0.15) is 22.9 Å². The summed E-state index contributed by atoms with van der Waals surface area (Å²) in [6.07, 6.45) is 1.70. The first-order valence-electron chi connectivity index (χ1n) is 5.89. The largest absolute Gasteiger partial charge is 0.293 e. The summed E-state index contributed by atoms with van der Waals surface area (Å²) >= 11 is 0. The highest BCUT2D eigenvalue weighted by atomic mass is 14.9. The van der Waals surface area contributed by atoms with Crippen molar-refractivity contribution in [2.24, 2.45) is 0 Å². The Labute approximate surface area is 107 Å². The number of pyridine rings is 1. The maximum absolute atomic E-state index is 9.17. The molecule has 0 radical (unpaired) electrons. The normalized spacial score (nSPS) is 11.8. The molecule has 0 aliphatic carbocycles. The van der Waals surface area contributed by atoms with Gasteiger partial charge in [0.15, 0.2) is 0 Å². The molecule has 90 valence electrons. The van der Waals surface area contributed by atoms with Crippen molar-refractivity contribution in [2.75, 3.05) is 0 Å². The molecular weight excluding hydrogens is 222 g/mol. The van der Waals surface area contributed by atoms with E-state index in [1.165, 1.54) is 11.1 Å². The molecule has 0 bridgehead atoms. The molecule has 3 nitrogen and oxygen atoms in total. The number of nitrogens with one attached hydrogen (secondary N) is 1. The van der Waals surface area contributed by atoms with Gasteiger partial charge in [0, 0.05) is 12.7 Å². The monoisotopic (exact) mass is 237 g/mol. The zero-order valence-corrected chi connectivity index (χ0v) is 10.3. The van der Waals surface area contributed by atoms with Gasteiger partial charge in [-0.1, -0.05) is 30.3 Å². The molecule has 0 fully saturated rings. The molecular formula is C15H15N3. The minimum absolute atomic E-state index is 0.370. The lowest BCUT2D eigenvalue weighted by Gasteiger charge is -2.12. The first kappa shape index (κ1) is 12.3. The number of nitrogens with zero attached hydrogens (tertiary/aromatic N) is 2. The zero-order valence-electron chi connectivity index (χ0n) is 10.3. The van der Waals surface area contributed by atoms with Crippen molar-refractivity contribution in [3.63, 3.8) is 0 Å². The molecule has 1 N–H and O–H groups in total. The molecule has 1 unspecified atom stereocenters. The van der Waals surface area contributed by atoms with Gasteiger partial charge in [-0.2, -0.15) is 5.26 Å². The molecule has 0 saturated heterocycles. The Hall–Kier alpha value is -2.18. The second-order valence-electron chi connectivity index (χ2n) is 4.12. The van der Waals surface area contributed by atoms with Gasteiger partial charge in [0.25, 0.3) is 0 Å². The lowest BCUT2D eigenvalue weighted by molar-refractivity contribution is 0.615. The minimum atomic E-state index is -0.370. The summed E-state index contributed by atoms with van der Waals surface area (Å²) in [5, 5.41) is 12.4. The standard InChI is InChI=1S/C15H15N3/c1-12-6-2-3-7-13(12)11-18-15(10-16)14-8-4-5-9-17-14/h2-9,15,18H,11H2,1H3. The van der Waals surface area contributed by atoms with E-state index in [4.69, 9.17) is 0 Å². The van der Waals surface area contributed by atoms with Crippen LogP contribution in [0.5, 0.6) is 0 Å². The number of nitriles is 1. The van der Waals surface area contributed by atoms with Gasteiger partial charge in [-0.3, -0.25) is 10.3 Å². The number of aromatic nitrogens is 1. The molecule has 1 atom stereocenters. The number of aryl methyl sites for hydroxylation is 1. The van der Waals surface area contributed by atoms with Gasteiger partial charge < -0.3 is 0 Å². The summed E-state index contributed by atoms with van der Waals surface area (Å²) in [7, 11) is 0. The van der Waals surface area contributed by atoms with E-state index in [1.807, 2.05) is 30.3 Å². The molecule has 0 aliphatic heterocycles. The Morgan fingerprint density at radius 2 is 2.00 bits per heavy atom. The zero-order chi connectivity index (χ0) is 12.8. The molecule has 18 heavy (non-hydrogen) atoms. The van der Waals surface area contributed by atoms with Gasteiger partial charge in [0.05, 0.1) is 11.8 Å². The molecule has 0 saturated carbocycles. The minimum Gasteiger partial charge on any atom is -0.293 e. The summed E-state index contributed by atoms with van der Waals surface area (Å²) in [6.45, 7) is 2.74. The van der Waals surface area contributed by atoms with Gasteiger partial charge in [-0.05, 0) is 30.2 Å². The van der Waals surface area contributed by atoms with Crippen LogP contribution in [0.4, 0.5) is 0 Å². The van der Waals surface area contributed by atoms with Crippen molar-refractivity contribution in [2.45, 2.75) is 19.5 Å². The highest BCUT2D eigenvalue weighted by Gasteiger charge is 2.10. The van der Waals surface area contributed by atoms with E-state index in [9.17, 15) is 5.26 Å². The first-order chi connectivity index (χ1) is 8.81. The fourth-order valence-corrected chi connectivity index (χ4v) is 1.78. The topological polar surface area (TPSA) is 48.7 Å². The van der Waals surface area contributed by atoms with Crippen LogP contribution in [-0.4, -0.2) is 4.98 Å². The fraction of sp³-hybridized carbons (Fsp3) is 0.200. The summed E-state index contributed by atoms with van der Waals surface area (Å²) in [6, 6.07) is 15.6. The predicted octanol–water partition coefficient (Wildman–Crippen LogP) is 2.74. The summed E-state index contributed by atoms with van der Waals surface area (Å²) in [5.41, 5.74) is 3.19. The number of benzene rings is 1. The van der Waals surface area contributed by atoms with E-state index in [-0.39, 0.29) is 6.04 Å². The van der Waals surface area contributed by atoms with Crippen LogP contribution in [0.3, 0.4) is 0 Å². The molecule has 0 amide bonds. The van der Waals surface area contributed by atoms with E-state index in [0.717, 1.165) is 5.69 Å². The second kappa shape index (κ2) is 5.95. The van der Waals surface area contributed by atoms with Crippen LogP contribution in [0.25, 0.3) is 0 Å². The second-order valence-corrected chi connectivity index (χ2v) is 4.12. The van der Waals surface area contributed by atoms with E-state index in [1.54, 1.807) is 6.20 Å². The van der Waals surface area contributed by atoms with E-state index in [0.29, 0.717) is 6.54 Å². The Morgan fingerprint density at radius 3 is 2.67 bits per heavy atom. The Morgan fingerprint density at radius 1 is 1.22 bits per heavy atom. The van der Waals surface area contributed by atoms with E-state index >= 15 is 0 Å². The van der Waals surface area contributed by atoms with Crippen molar-refractivity contribution in [1.82, 2.24) is 10.3 Å². The average molecular weight is 237 g/mol. The van der Waals surface area contributed by atoms with E-state index in [2.05, 4.69) is 35.4 Å². The summed E-state index contributed by atoms with van der Waals surface area (Å²) in [4.78, 5) is 4.20. The molecule has 2 aromatic rings. The molecule has 1 heterocycles. The first-order valence-corrected chi connectivity index (χ1v) is 5.89. The number of hydrogen-bond acceptors (Lipinski definition) is 3. The van der Waals surface area contributed by atoms with Crippen LogP contribution in [-0.2, 0) is 6.54 Å². The molecule has 0 spiro atoms. The Kier molecular flexibility index (Phi) is 4.06.